The van der Waals surface area contributed by atoms with Crippen molar-refractivity contribution in [2.75, 3.05) is 5.75 Å². The lowest BCUT2D eigenvalue weighted by molar-refractivity contribution is -0.137. The second kappa shape index (κ2) is 8.12. The minimum absolute atomic E-state index is 0.147. The molecule has 94 valence electrons. The fourth-order valence-electron chi connectivity index (χ4n) is 1.45. The molecule has 0 atom stereocenters. The molecule has 0 radical (unpaired) electrons. The highest BCUT2D eigenvalue weighted by Gasteiger charge is 2.00. The second-order valence-corrected chi connectivity index (χ2v) is 4.95. The van der Waals surface area contributed by atoms with Crippen LogP contribution in [0.1, 0.15) is 31.2 Å². The molecule has 0 spiro atoms. The lowest BCUT2D eigenvalue weighted by Crippen LogP contribution is -1.94. The van der Waals surface area contributed by atoms with Gasteiger partial charge in [-0.1, -0.05) is 24.6 Å². The number of halogens is 1. The second-order valence-electron chi connectivity index (χ2n) is 3.85. The van der Waals surface area contributed by atoms with Crippen molar-refractivity contribution in [3.05, 3.63) is 35.6 Å². The van der Waals surface area contributed by atoms with Crippen LogP contribution in [0, 0.1) is 5.82 Å². The van der Waals surface area contributed by atoms with Gasteiger partial charge in [0.1, 0.15) is 5.82 Å². The molecule has 4 heteroatoms. The first kappa shape index (κ1) is 14.0. The van der Waals surface area contributed by atoms with Crippen molar-refractivity contribution in [2.24, 2.45) is 0 Å². The molecule has 0 unspecified atom stereocenters. The molecule has 1 aromatic carbocycles. The van der Waals surface area contributed by atoms with Crippen molar-refractivity contribution in [3.8, 4) is 0 Å². The van der Waals surface area contributed by atoms with E-state index in [1.807, 2.05) is 6.07 Å². The van der Waals surface area contributed by atoms with Crippen LogP contribution in [0.5, 0.6) is 0 Å². The maximum atomic E-state index is 13.2. The monoisotopic (exact) mass is 256 g/mol. The number of rotatable bonds is 8. The predicted molar refractivity (Wildman–Crippen MR) is 68.7 cm³/mol. The molecule has 1 aromatic rings. The standard InChI is InChI=1S/C13H17FO2S/c14-12-7-4-3-6-11(12)10-17-9-5-1-2-8-13(15)16/h3-4,6-7H,1-2,5,8-10H2,(H,15,16). The van der Waals surface area contributed by atoms with E-state index < -0.39 is 5.97 Å². The molecular weight excluding hydrogens is 239 g/mol. The van der Waals surface area contributed by atoms with E-state index in [1.54, 1.807) is 23.9 Å². The molecule has 0 saturated carbocycles. The van der Waals surface area contributed by atoms with Crippen LogP contribution < -0.4 is 0 Å². The SMILES string of the molecule is O=C(O)CCCCCSCc1ccccc1F. The van der Waals surface area contributed by atoms with Gasteiger partial charge in [-0.05, 0) is 30.2 Å². The van der Waals surface area contributed by atoms with E-state index >= 15 is 0 Å². The number of carbonyl (C=O) groups is 1. The first-order valence-electron chi connectivity index (χ1n) is 5.73. The molecule has 1 rings (SSSR count). The van der Waals surface area contributed by atoms with Crippen LogP contribution in [0.15, 0.2) is 24.3 Å². The van der Waals surface area contributed by atoms with Gasteiger partial charge in [-0.3, -0.25) is 4.79 Å². The Labute approximate surface area is 105 Å². The Morgan fingerprint density at radius 3 is 2.71 bits per heavy atom. The van der Waals surface area contributed by atoms with E-state index in [1.165, 1.54) is 6.07 Å². The van der Waals surface area contributed by atoms with E-state index in [0.29, 0.717) is 5.75 Å². The Morgan fingerprint density at radius 2 is 2.00 bits per heavy atom. The average molecular weight is 256 g/mol. The zero-order valence-corrected chi connectivity index (χ0v) is 10.5. The highest BCUT2D eigenvalue weighted by Crippen LogP contribution is 2.17. The summed E-state index contributed by atoms with van der Waals surface area (Å²) in [5.74, 6) is 0.759. The largest absolute Gasteiger partial charge is 0.481 e. The normalized spacial score (nSPS) is 10.4. The summed E-state index contributed by atoms with van der Waals surface area (Å²) in [7, 11) is 0. The molecule has 0 heterocycles. The lowest BCUT2D eigenvalue weighted by Gasteiger charge is -2.03. The number of hydrogen-bond donors (Lipinski definition) is 1. The van der Waals surface area contributed by atoms with Gasteiger partial charge in [0.05, 0.1) is 0 Å². The molecule has 0 saturated heterocycles. The number of hydrogen-bond acceptors (Lipinski definition) is 2. The van der Waals surface area contributed by atoms with Crippen molar-refractivity contribution in [3.63, 3.8) is 0 Å². The third kappa shape index (κ3) is 6.31. The summed E-state index contributed by atoms with van der Waals surface area (Å²) in [6.07, 6.45) is 2.90. The molecule has 0 aliphatic rings. The van der Waals surface area contributed by atoms with Gasteiger partial charge in [-0.25, -0.2) is 4.39 Å². The number of thioether (sulfide) groups is 1. The minimum atomic E-state index is -0.732. The van der Waals surface area contributed by atoms with Crippen molar-refractivity contribution in [1.82, 2.24) is 0 Å². The molecule has 1 N–H and O–H groups in total. The van der Waals surface area contributed by atoms with Crippen molar-refractivity contribution in [1.29, 1.82) is 0 Å². The summed E-state index contributed by atoms with van der Waals surface area (Å²) in [5, 5.41) is 8.45. The van der Waals surface area contributed by atoms with Crippen molar-refractivity contribution >= 4 is 17.7 Å². The Bertz CT molecular complexity index is 355. The first-order chi connectivity index (χ1) is 8.20. The number of unbranched alkanes of at least 4 members (excludes halogenated alkanes) is 2. The van der Waals surface area contributed by atoms with Crippen LogP contribution in [-0.4, -0.2) is 16.8 Å². The van der Waals surface area contributed by atoms with Crippen molar-refractivity contribution in [2.45, 2.75) is 31.4 Å². The topological polar surface area (TPSA) is 37.3 Å². The van der Waals surface area contributed by atoms with Crippen LogP contribution in [0.25, 0.3) is 0 Å². The van der Waals surface area contributed by atoms with Gasteiger partial charge in [0.15, 0.2) is 0 Å². The summed E-state index contributed by atoms with van der Waals surface area (Å²) in [6.45, 7) is 0. The molecule has 17 heavy (non-hydrogen) atoms. The van der Waals surface area contributed by atoms with Gasteiger partial charge < -0.3 is 5.11 Å². The van der Waals surface area contributed by atoms with E-state index in [0.717, 1.165) is 30.6 Å². The lowest BCUT2D eigenvalue weighted by atomic mass is 10.2. The molecular formula is C13H17FO2S. The van der Waals surface area contributed by atoms with Gasteiger partial charge in [-0.15, -0.1) is 0 Å². The molecule has 0 fully saturated rings. The molecule has 0 aromatic heterocycles. The summed E-state index contributed by atoms with van der Waals surface area (Å²) < 4.78 is 13.2. The molecule has 2 nitrogen and oxygen atoms in total. The van der Waals surface area contributed by atoms with E-state index in [9.17, 15) is 9.18 Å². The third-order valence-corrected chi connectivity index (χ3v) is 3.49. The highest BCUT2D eigenvalue weighted by molar-refractivity contribution is 7.98. The van der Waals surface area contributed by atoms with Gasteiger partial charge in [-0.2, -0.15) is 11.8 Å². The van der Waals surface area contributed by atoms with Gasteiger partial charge in [0.25, 0.3) is 0 Å². The zero-order chi connectivity index (χ0) is 12.5. The van der Waals surface area contributed by atoms with Crippen LogP contribution in [0.3, 0.4) is 0 Å². The van der Waals surface area contributed by atoms with E-state index in [4.69, 9.17) is 5.11 Å². The maximum absolute atomic E-state index is 13.2. The number of carboxylic acid groups (broad SMARTS) is 1. The number of carboxylic acids is 1. The van der Waals surface area contributed by atoms with Gasteiger partial charge in [0.2, 0.25) is 0 Å². The number of aliphatic carboxylic acids is 1. The molecule has 0 aliphatic heterocycles. The smallest absolute Gasteiger partial charge is 0.303 e. The Hall–Kier alpha value is -1.03. The van der Waals surface area contributed by atoms with Crippen molar-refractivity contribution < 1.29 is 14.3 Å². The Balaban J connectivity index is 2.05. The molecule has 0 amide bonds. The summed E-state index contributed by atoms with van der Waals surface area (Å²) in [6, 6.07) is 6.80. The fraction of sp³-hybridized carbons (Fsp3) is 0.462. The summed E-state index contributed by atoms with van der Waals surface area (Å²) >= 11 is 1.69. The van der Waals surface area contributed by atoms with Gasteiger partial charge in [0, 0.05) is 12.2 Å². The van der Waals surface area contributed by atoms with Crippen LogP contribution in [-0.2, 0) is 10.5 Å². The van der Waals surface area contributed by atoms with Gasteiger partial charge >= 0.3 is 5.97 Å². The predicted octanol–water partition coefficient (Wildman–Crippen LogP) is 3.70. The van der Waals surface area contributed by atoms with Crippen LogP contribution >= 0.6 is 11.8 Å². The molecule has 0 aliphatic carbocycles. The summed E-state index contributed by atoms with van der Waals surface area (Å²) in [4.78, 5) is 10.3. The first-order valence-corrected chi connectivity index (χ1v) is 6.88. The fourth-order valence-corrected chi connectivity index (χ4v) is 2.46. The quantitative estimate of drug-likeness (QED) is 0.720. The average Bonchev–Trinajstić information content (AvgIpc) is 2.30. The van der Waals surface area contributed by atoms with Crippen LogP contribution in [0.2, 0.25) is 0 Å². The van der Waals surface area contributed by atoms with E-state index in [2.05, 4.69) is 0 Å². The Kier molecular flexibility index (Phi) is 6.70. The third-order valence-electron chi connectivity index (χ3n) is 2.39. The molecule has 0 bridgehead atoms. The minimum Gasteiger partial charge on any atom is -0.481 e. The van der Waals surface area contributed by atoms with E-state index in [-0.39, 0.29) is 12.2 Å². The maximum Gasteiger partial charge on any atom is 0.303 e. The van der Waals surface area contributed by atoms with Crippen LogP contribution in [0.4, 0.5) is 4.39 Å². The zero-order valence-electron chi connectivity index (χ0n) is 9.69. The highest BCUT2D eigenvalue weighted by atomic mass is 32.2. The Morgan fingerprint density at radius 1 is 1.24 bits per heavy atom. The summed E-state index contributed by atoms with van der Waals surface area (Å²) in [5.41, 5.74) is 0.739. The number of benzene rings is 1.